The van der Waals surface area contributed by atoms with E-state index in [1.807, 2.05) is 0 Å². The summed E-state index contributed by atoms with van der Waals surface area (Å²) in [4.78, 5) is 18.3. The number of aryl methyl sites for hydroxylation is 1. The maximum Gasteiger partial charge on any atom is 0.133 e. The van der Waals surface area contributed by atoms with E-state index in [4.69, 9.17) is 9.72 Å². The Morgan fingerprint density at radius 1 is 1.13 bits per heavy atom. The van der Waals surface area contributed by atoms with E-state index in [0.29, 0.717) is 6.54 Å². The van der Waals surface area contributed by atoms with Gasteiger partial charge in [-0.1, -0.05) is 12.1 Å². The molecular formula is C24H29N5O2. The molecule has 2 aliphatic rings. The number of likely N-dealkylation sites (tertiary alicyclic amines) is 1. The van der Waals surface area contributed by atoms with Crippen molar-refractivity contribution in [2.24, 2.45) is 5.92 Å². The molecule has 1 N–H and O–H groups in total. The molecule has 2 aromatic heterocycles. The third kappa shape index (κ3) is 4.54. The third-order valence-corrected chi connectivity index (χ3v) is 6.30. The van der Waals surface area contributed by atoms with Gasteiger partial charge in [0.15, 0.2) is 0 Å². The molecule has 0 amide bonds. The number of aromatic nitrogens is 3. The van der Waals surface area contributed by atoms with E-state index in [9.17, 15) is 5.11 Å². The van der Waals surface area contributed by atoms with Crippen molar-refractivity contribution in [3.05, 3.63) is 59.7 Å². The van der Waals surface area contributed by atoms with Gasteiger partial charge in [0.2, 0.25) is 0 Å². The van der Waals surface area contributed by atoms with Gasteiger partial charge in [-0.2, -0.15) is 0 Å². The van der Waals surface area contributed by atoms with Crippen LogP contribution in [0, 0.1) is 12.8 Å². The van der Waals surface area contributed by atoms with Gasteiger partial charge < -0.3 is 14.7 Å². The maximum absolute atomic E-state index is 10.7. The molecule has 1 aromatic carbocycles. The van der Waals surface area contributed by atoms with E-state index in [0.717, 1.165) is 68.2 Å². The molecule has 2 atom stereocenters. The largest absolute Gasteiger partial charge is 0.391 e. The molecule has 0 spiro atoms. The molecule has 162 valence electrons. The number of β-amino-alcohol motifs (C(OH)–C–C–N with tert-alkyl or cyclic N) is 1. The average molecular weight is 420 g/mol. The predicted octanol–water partition coefficient (Wildman–Crippen LogP) is 2.21. The van der Waals surface area contributed by atoms with Crippen molar-refractivity contribution in [1.82, 2.24) is 19.9 Å². The lowest BCUT2D eigenvalue weighted by atomic mass is 10.0. The number of benzene rings is 1. The number of hydrogen-bond donors (Lipinski definition) is 1. The Morgan fingerprint density at radius 3 is 2.81 bits per heavy atom. The van der Waals surface area contributed by atoms with E-state index < -0.39 is 0 Å². The molecule has 2 fully saturated rings. The van der Waals surface area contributed by atoms with Gasteiger partial charge in [-0.15, -0.1) is 0 Å². The number of anilines is 1. The van der Waals surface area contributed by atoms with Crippen molar-refractivity contribution in [2.75, 3.05) is 44.3 Å². The molecule has 4 heterocycles. The summed E-state index contributed by atoms with van der Waals surface area (Å²) in [5.41, 5.74) is 4.40. The zero-order chi connectivity index (χ0) is 21.2. The normalized spacial score (nSPS) is 22.3. The first-order chi connectivity index (χ1) is 15.2. The first kappa shape index (κ1) is 20.3. The SMILES string of the molecule is Cc1ccc2cc(CN3C[C@@H](Cc4cnccn4)[C@H](O)C3)c(N3CCOCC3)nc2c1. The Hall–Kier alpha value is -2.61. The summed E-state index contributed by atoms with van der Waals surface area (Å²) < 4.78 is 5.56. The molecule has 7 heteroatoms. The van der Waals surface area contributed by atoms with Crippen LogP contribution in [0.15, 0.2) is 42.9 Å². The van der Waals surface area contributed by atoms with Crippen LogP contribution < -0.4 is 4.90 Å². The zero-order valence-corrected chi connectivity index (χ0v) is 17.9. The lowest BCUT2D eigenvalue weighted by Gasteiger charge is -2.30. The fourth-order valence-electron chi connectivity index (χ4n) is 4.69. The quantitative estimate of drug-likeness (QED) is 0.680. The highest BCUT2D eigenvalue weighted by molar-refractivity contribution is 5.82. The Labute approximate surface area is 182 Å². The Bertz CT molecular complexity index is 1040. The van der Waals surface area contributed by atoms with Crippen LogP contribution >= 0.6 is 0 Å². The Balaban J connectivity index is 1.39. The van der Waals surface area contributed by atoms with Crippen molar-refractivity contribution in [3.63, 3.8) is 0 Å². The zero-order valence-electron chi connectivity index (χ0n) is 17.9. The van der Waals surface area contributed by atoms with Crippen LogP contribution in [0.5, 0.6) is 0 Å². The number of rotatable bonds is 5. The van der Waals surface area contributed by atoms with Crippen LogP contribution in [-0.4, -0.2) is 70.5 Å². The van der Waals surface area contributed by atoms with E-state index in [2.05, 4.69) is 51.0 Å². The smallest absolute Gasteiger partial charge is 0.133 e. The molecule has 0 radical (unpaired) electrons. The van der Waals surface area contributed by atoms with Gasteiger partial charge in [0.05, 0.1) is 30.5 Å². The van der Waals surface area contributed by atoms with Gasteiger partial charge in [-0.25, -0.2) is 4.98 Å². The predicted molar refractivity (Wildman–Crippen MR) is 120 cm³/mol. The Morgan fingerprint density at radius 2 is 2.00 bits per heavy atom. The summed E-state index contributed by atoms with van der Waals surface area (Å²) >= 11 is 0. The number of nitrogens with zero attached hydrogens (tertiary/aromatic N) is 5. The molecule has 7 nitrogen and oxygen atoms in total. The van der Waals surface area contributed by atoms with Crippen molar-refractivity contribution in [3.8, 4) is 0 Å². The monoisotopic (exact) mass is 419 g/mol. The van der Waals surface area contributed by atoms with Gasteiger partial charge >= 0.3 is 0 Å². The number of aliphatic hydroxyl groups excluding tert-OH is 1. The second-order valence-corrected chi connectivity index (χ2v) is 8.69. The molecule has 2 aliphatic heterocycles. The molecule has 5 rings (SSSR count). The fourth-order valence-corrected chi connectivity index (χ4v) is 4.69. The van der Waals surface area contributed by atoms with Crippen LogP contribution in [-0.2, 0) is 17.7 Å². The summed E-state index contributed by atoms with van der Waals surface area (Å²) in [6.07, 6.45) is 5.58. The average Bonchev–Trinajstić information content (AvgIpc) is 3.13. The van der Waals surface area contributed by atoms with Gasteiger partial charge in [0.25, 0.3) is 0 Å². The maximum atomic E-state index is 10.7. The number of morpholine rings is 1. The summed E-state index contributed by atoms with van der Waals surface area (Å²) in [7, 11) is 0. The molecule has 0 saturated carbocycles. The Kier molecular flexibility index (Phi) is 5.80. The lowest BCUT2D eigenvalue weighted by molar-refractivity contribution is 0.122. The first-order valence-electron chi connectivity index (χ1n) is 11.0. The summed E-state index contributed by atoms with van der Waals surface area (Å²) in [6.45, 7) is 7.56. The molecule has 3 aromatic rings. The van der Waals surface area contributed by atoms with Crippen LogP contribution in [0.1, 0.15) is 16.8 Å². The highest BCUT2D eigenvalue weighted by Crippen LogP contribution is 2.29. The van der Waals surface area contributed by atoms with Crippen LogP contribution in [0.3, 0.4) is 0 Å². The minimum atomic E-state index is -0.357. The lowest BCUT2D eigenvalue weighted by Crippen LogP contribution is -2.38. The minimum Gasteiger partial charge on any atom is -0.391 e. The van der Waals surface area contributed by atoms with Crippen LogP contribution in [0.4, 0.5) is 5.82 Å². The van der Waals surface area contributed by atoms with E-state index in [-0.39, 0.29) is 12.0 Å². The molecule has 0 aliphatic carbocycles. The molecule has 0 bridgehead atoms. The van der Waals surface area contributed by atoms with Gasteiger partial charge in [-0.3, -0.25) is 14.9 Å². The summed E-state index contributed by atoms with van der Waals surface area (Å²) in [5, 5.41) is 11.8. The van der Waals surface area contributed by atoms with Gasteiger partial charge in [-0.05, 0) is 31.0 Å². The van der Waals surface area contributed by atoms with Crippen molar-refractivity contribution in [1.29, 1.82) is 0 Å². The van der Waals surface area contributed by atoms with Crippen LogP contribution in [0.2, 0.25) is 0 Å². The molecule has 31 heavy (non-hydrogen) atoms. The number of ether oxygens (including phenoxy) is 1. The van der Waals surface area contributed by atoms with E-state index in [1.165, 1.54) is 11.1 Å². The summed E-state index contributed by atoms with van der Waals surface area (Å²) in [6, 6.07) is 8.72. The molecule has 0 unspecified atom stereocenters. The van der Waals surface area contributed by atoms with Crippen LogP contribution in [0.25, 0.3) is 10.9 Å². The van der Waals surface area contributed by atoms with Crippen molar-refractivity contribution in [2.45, 2.75) is 26.0 Å². The highest BCUT2D eigenvalue weighted by atomic mass is 16.5. The number of fused-ring (bicyclic) bond motifs is 1. The second kappa shape index (κ2) is 8.86. The van der Waals surface area contributed by atoms with E-state index in [1.54, 1.807) is 18.6 Å². The van der Waals surface area contributed by atoms with Gasteiger partial charge in [0.1, 0.15) is 5.82 Å². The first-order valence-corrected chi connectivity index (χ1v) is 11.0. The minimum absolute atomic E-state index is 0.166. The van der Waals surface area contributed by atoms with Crippen molar-refractivity contribution >= 4 is 16.7 Å². The number of aliphatic hydroxyl groups is 1. The summed E-state index contributed by atoms with van der Waals surface area (Å²) in [5.74, 6) is 1.22. The molecule has 2 saturated heterocycles. The third-order valence-electron chi connectivity index (χ3n) is 6.30. The topological polar surface area (TPSA) is 74.6 Å². The second-order valence-electron chi connectivity index (χ2n) is 8.69. The van der Waals surface area contributed by atoms with E-state index >= 15 is 0 Å². The number of hydrogen-bond acceptors (Lipinski definition) is 7. The van der Waals surface area contributed by atoms with Gasteiger partial charge in [0, 0.05) is 68.2 Å². The number of pyridine rings is 1. The molecular weight excluding hydrogens is 390 g/mol. The fraction of sp³-hybridized carbons (Fsp3) is 0.458. The standard InChI is InChI=1S/C24H29N5O2/c1-17-2-3-18-11-20(24(27-22(18)10-17)29-6-8-31-9-7-29)15-28-14-19(23(30)16-28)12-21-13-25-4-5-26-21/h2-5,10-11,13,19,23,30H,6-9,12,14-16H2,1H3/t19-,23-/m1/s1. The highest BCUT2D eigenvalue weighted by Gasteiger charge is 2.32. The van der Waals surface area contributed by atoms with Crippen molar-refractivity contribution < 1.29 is 9.84 Å².